The molecule has 1 aromatic heterocycles. The van der Waals surface area contributed by atoms with Crippen LogP contribution < -0.4 is 0 Å². The van der Waals surface area contributed by atoms with Gasteiger partial charge in [0.15, 0.2) is 0 Å². The molecule has 2 aromatic rings. The molecule has 2 aliphatic heterocycles. The first-order valence-electron chi connectivity index (χ1n) is 9.91. The smallest absolute Gasteiger partial charge is 0.256 e. The average molecular weight is 401 g/mol. The summed E-state index contributed by atoms with van der Waals surface area (Å²) in [5, 5.41) is 0. The van der Waals surface area contributed by atoms with Gasteiger partial charge in [0.1, 0.15) is 11.6 Å². The Kier molecular flexibility index (Phi) is 5.61. The summed E-state index contributed by atoms with van der Waals surface area (Å²) < 4.78 is 32.8. The van der Waals surface area contributed by atoms with Gasteiger partial charge in [-0.05, 0) is 48.7 Å². The molecule has 0 aliphatic carbocycles. The second kappa shape index (κ2) is 8.16. The van der Waals surface area contributed by atoms with Crippen molar-refractivity contribution in [2.45, 2.75) is 18.9 Å². The second-order valence-corrected chi connectivity index (χ2v) is 7.93. The first-order chi connectivity index (χ1) is 14.0. The molecule has 0 N–H and O–H groups in total. The molecule has 1 spiro atoms. The van der Waals surface area contributed by atoms with Crippen molar-refractivity contribution in [3.8, 4) is 0 Å². The van der Waals surface area contributed by atoms with E-state index in [1.807, 2.05) is 12.1 Å². The van der Waals surface area contributed by atoms with Crippen LogP contribution in [0.25, 0.3) is 0 Å². The minimum atomic E-state index is -0.680. The van der Waals surface area contributed by atoms with Gasteiger partial charge in [-0.1, -0.05) is 0 Å². The summed E-state index contributed by atoms with van der Waals surface area (Å²) in [6.07, 6.45) is 5.26. The van der Waals surface area contributed by atoms with Gasteiger partial charge in [-0.3, -0.25) is 14.7 Å². The minimum absolute atomic E-state index is 0.0758. The molecule has 1 aromatic carbocycles. The number of aromatic nitrogens is 1. The van der Waals surface area contributed by atoms with Crippen molar-refractivity contribution in [3.63, 3.8) is 0 Å². The molecule has 4 rings (SSSR count). The van der Waals surface area contributed by atoms with E-state index in [-0.39, 0.29) is 17.0 Å². The van der Waals surface area contributed by atoms with Crippen molar-refractivity contribution in [1.82, 2.24) is 14.8 Å². The number of pyridine rings is 1. The maximum Gasteiger partial charge on any atom is 0.256 e. The zero-order chi connectivity index (χ0) is 20.4. The van der Waals surface area contributed by atoms with Gasteiger partial charge in [0.2, 0.25) is 0 Å². The lowest BCUT2D eigenvalue weighted by Crippen LogP contribution is -2.63. The molecule has 2 saturated heterocycles. The Morgan fingerprint density at radius 2 is 1.93 bits per heavy atom. The van der Waals surface area contributed by atoms with E-state index in [1.54, 1.807) is 24.4 Å². The Hall–Kier alpha value is -2.38. The van der Waals surface area contributed by atoms with Crippen molar-refractivity contribution in [3.05, 3.63) is 65.5 Å². The van der Waals surface area contributed by atoms with E-state index in [0.717, 1.165) is 44.1 Å². The zero-order valence-electron chi connectivity index (χ0n) is 16.5. The van der Waals surface area contributed by atoms with E-state index in [2.05, 4.69) is 9.88 Å². The van der Waals surface area contributed by atoms with Gasteiger partial charge in [0.05, 0.1) is 12.2 Å². The number of amides is 1. The number of carbonyl (C=O) groups excluding carboxylic acids is 1. The number of piperidine rings is 1. The molecule has 7 heteroatoms. The first kappa shape index (κ1) is 19.9. The van der Waals surface area contributed by atoms with Gasteiger partial charge in [-0.25, -0.2) is 8.78 Å². The fourth-order valence-corrected chi connectivity index (χ4v) is 4.80. The Morgan fingerprint density at radius 3 is 2.62 bits per heavy atom. The Labute approximate surface area is 169 Å². The summed E-state index contributed by atoms with van der Waals surface area (Å²) >= 11 is 0. The van der Waals surface area contributed by atoms with Gasteiger partial charge in [-0.2, -0.15) is 0 Å². The number of ether oxygens (including phenoxy) is 1. The topological polar surface area (TPSA) is 45.7 Å². The van der Waals surface area contributed by atoms with E-state index in [4.69, 9.17) is 4.74 Å². The summed E-state index contributed by atoms with van der Waals surface area (Å²) in [7, 11) is 1.70. The normalized spacial score (nSPS) is 21.2. The van der Waals surface area contributed by atoms with Crippen molar-refractivity contribution in [2.75, 3.05) is 39.9 Å². The van der Waals surface area contributed by atoms with Crippen LogP contribution in [0.3, 0.4) is 0 Å². The first-order valence-corrected chi connectivity index (χ1v) is 9.91. The third kappa shape index (κ3) is 3.76. The lowest BCUT2D eigenvalue weighted by Gasteiger charge is -2.60. The summed E-state index contributed by atoms with van der Waals surface area (Å²) in [5.41, 5.74) is 1.10. The molecule has 1 atom stereocenters. The molecule has 29 heavy (non-hydrogen) atoms. The van der Waals surface area contributed by atoms with E-state index < -0.39 is 17.5 Å². The Balaban J connectivity index is 1.48. The van der Waals surface area contributed by atoms with Crippen molar-refractivity contribution >= 4 is 5.91 Å². The number of methoxy groups -OCH3 is 1. The number of likely N-dealkylation sites (tertiary alicyclic amines) is 2. The number of halogens is 2. The third-order valence-corrected chi connectivity index (χ3v) is 6.27. The molecular formula is C22H25F2N3O2. The standard InChI is InChI=1S/C22H25F2N3O2/c1-29-13-12-27-15-22(20(27)16-4-8-25-9-5-16)6-10-26(11-7-22)21(28)18-14-17(23)2-3-19(18)24/h2-5,8-9,14,20H,6-7,10-13,15H2,1H3/t20-/m1/s1. The molecule has 2 fully saturated rings. The van der Waals surface area contributed by atoms with Gasteiger partial charge in [-0.15, -0.1) is 0 Å². The number of carbonyl (C=O) groups is 1. The highest BCUT2D eigenvalue weighted by molar-refractivity contribution is 5.94. The van der Waals surface area contributed by atoms with E-state index in [0.29, 0.717) is 19.7 Å². The number of benzene rings is 1. The maximum atomic E-state index is 14.0. The zero-order valence-corrected chi connectivity index (χ0v) is 16.5. The Morgan fingerprint density at radius 1 is 1.21 bits per heavy atom. The van der Waals surface area contributed by atoms with Crippen molar-refractivity contribution in [1.29, 1.82) is 0 Å². The second-order valence-electron chi connectivity index (χ2n) is 7.93. The third-order valence-electron chi connectivity index (χ3n) is 6.27. The van der Waals surface area contributed by atoms with Crippen LogP contribution in [-0.2, 0) is 4.74 Å². The quantitative estimate of drug-likeness (QED) is 0.771. The summed E-state index contributed by atoms with van der Waals surface area (Å²) in [4.78, 5) is 20.9. The molecule has 0 bridgehead atoms. The van der Waals surface area contributed by atoms with E-state index in [9.17, 15) is 13.6 Å². The molecule has 2 aliphatic rings. The lowest BCUT2D eigenvalue weighted by molar-refractivity contribution is -0.114. The van der Waals surface area contributed by atoms with E-state index >= 15 is 0 Å². The molecule has 0 unspecified atom stereocenters. The van der Waals surface area contributed by atoms with Gasteiger partial charge >= 0.3 is 0 Å². The van der Waals surface area contributed by atoms with Crippen LogP contribution in [0.4, 0.5) is 8.78 Å². The molecule has 5 nitrogen and oxygen atoms in total. The predicted octanol–water partition coefficient (Wildman–Crippen LogP) is 3.29. The van der Waals surface area contributed by atoms with Gasteiger partial charge < -0.3 is 9.64 Å². The van der Waals surface area contributed by atoms with Crippen LogP contribution in [0.2, 0.25) is 0 Å². The molecule has 0 saturated carbocycles. The average Bonchev–Trinajstić information content (AvgIpc) is 2.73. The highest BCUT2D eigenvalue weighted by Crippen LogP contribution is 2.54. The highest BCUT2D eigenvalue weighted by atomic mass is 19.1. The molecule has 154 valence electrons. The van der Waals surface area contributed by atoms with Crippen LogP contribution in [0.15, 0.2) is 42.7 Å². The minimum Gasteiger partial charge on any atom is -0.383 e. The fourth-order valence-electron chi connectivity index (χ4n) is 4.80. The fraction of sp³-hybridized carbons (Fsp3) is 0.455. The van der Waals surface area contributed by atoms with Crippen molar-refractivity contribution < 1.29 is 18.3 Å². The lowest BCUT2D eigenvalue weighted by atomic mass is 9.63. The number of nitrogens with zero attached hydrogens (tertiary/aromatic N) is 3. The maximum absolute atomic E-state index is 14.0. The largest absolute Gasteiger partial charge is 0.383 e. The van der Waals surface area contributed by atoms with Crippen LogP contribution in [0.5, 0.6) is 0 Å². The van der Waals surface area contributed by atoms with Crippen LogP contribution in [0.1, 0.15) is 34.8 Å². The van der Waals surface area contributed by atoms with Gasteiger partial charge in [0.25, 0.3) is 5.91 Å². The molecule has 1 amide bonds. The number of rotatable bonds is 5. The molecular weight excluding hydrogens is 376 g/mol. The summed E-state index contributed by atoms with van der Waals surface area (Å²) in [5.74, 6) is -1.72. The number of hydrogen-bond donors (Lipinski definition) is 0. The monoisotopic (exact) mass is 401 g/mol. The van der Waals surface area contributed by atoms with Crippen molar-refractivity contribution in [2.24, 2.45) is 5.41 Å². The van der Waals surface area contributed by atoms with Gasteiger partial charge in [0, 0.05) is 57.1 Å². The van der Waals surface area contributed by atoms with Crippen LogP contribution in [0, 0.1) is 17.0 Å². The summed E-state index contributed by atoms with van der Waals surface area (Å²) in [6, 6.07) is 7.37. The molecule has 3 heterocycles. The van der Waals surface area contributed by atoms with Crippen LogP contribution in [-0.4, -0.2) is 60.6 Å². The van der Waals surface area contributed by atoms with Crippen LogP contribution >= 0.6 is 0 Å². The highest BCUT2D eigenvalue weighted by Gasteiger charge is 2.54. The molecule has 0 radical (unpaired) electrons. The Bertz CT molecular complexity index is 870. The number of hydrogen-bond acceptors (Lipinski definition) is 4. The SMILES string of the molecule is COCCN1CC2(CCN(C(=O)c3cc(F)ccc3F)CC2)[C@H]1c1ccncc1. The summed E-state index contributed by atoms with van der Waals surface area (Å²) in [6.45, 7) is 3.53. The van der Waals surface area contributed by atoms with E-state index in [1.165, 1.54) is 5.56 Å². The predicted molar refractivity (Wildman–Crippen MR) is 104 cm³/mol.